The van der Waals surface area contributed by atoms with Crippen LogP contribution in [0.5, 0.6) is 0 Å². The van der Waals surface area contributed by atoms with E-state index in [1.165, 1.54) is 4.88 Å². The van der Waals surface area contributed by atoms with Crippen molar-refractivity contribution in [1.29, 1.82) is 0 Å². The average molecular weight is 254 g/mol. The summed E-state index contributed by atoms with van der Waals surface area (Å²) < 4.78 is 0. The van der Waals surface area contributed by atoms with E-state index in [9.17, 15) is 4.79 Å². The van der Waals surface area contributed by atoms with E-state index in [0.29, 0.717) is 6.42 Å². The highest BCUT2D eigenvalue weighted by molar-refractivity contribution is 7.09. The topological polar surface area (TPSA) is 46.3 Å². The monoisotopic (exact) mass is 254 g/mol. The van der Waals surface area contributed by atoms with Gasteiger partial charge in [-0.1, -0.05) is 13.0 Å². The van der Waals surface area contributed by atoms with Crippen LogP contribution in [0.3, 0.4) is 0 Å². The van der Waals surface area contributed by atoms with Gasteiger partial charge in [-0.25, -0.2) is 0 Å². The van der Waals surface area contributed by atoms with E-state index in [2.05, 4.69) is 18.4 Å². The van der Waals surface area contributed by atoms with Gasteiger partial charge in [-0.2, -0.15) is 0 Å². The van der Waals surface area contributed by atoms with Gasteiger partial charge in [0.05, 0.1) is 0 Å². The predicted octanol–water partition coefficient (Wildman–Crippen LogP) is 2.26. The number of nitrogens with zero attached hydrogens (tertiary/aromatic N) is 1. The SMILES string of the molecule is CCC(N)CC(=O)N(C)C(C)Cc1cccs1. The molecule has 3 nitrogen and oxygen atoms in total. The molecule has 1 amide bonds. The molecule has 1 heterocycles. The van der Waals surface area contributed by atoms with E-state index in [4.69, 9.17) is 5.73 Å². The van der Waals surface area contributed by atoms with Gasteiger partial charge in [-0.05, 0) is 24.8 Å². The van der Waals surface area contributed by atoms with E-state index < -0.39 is 0 Å². The van der Waals surface area contributed by atoms with E-state index in [1.807, 2.05) is 24.9 Å². The standard InChI is InChI=1S/C13H22N2OS/c1-4-11(14)9-13(16)15(3)10(2)8-12-6-5-7-17-12/h5-7,10-11H,4,8-9,14H2,1-3H3. The molecule has 4 heteroatoms. The first-order chi connectivity index (χ1) is 8.04. The molecule has 0 aliphatic heterocycles. The van der Waals surface area contributed by atoms with Crippen molar-refractivity contribution in [3.63, 3.8) is 0 Å². The first kappa shape index (κ1) is 14.2. The summed E-state index contributed by atoms with van der Waals surface area (Å²) >= 11 is 1.74. The third-order valence-corrected chi connectivity index (χ3v) is 3.99. The fourth-order valence-corrected chi connectivity index (χ4v) is 2.44. The molecule has 0 saturated heterocycles. The number of carbonyl (C=O) groups excluding carboxylic acids is 1. The predicted molar refractivity (Wildman–Crippen MR) is 73.1 cm³/mol. The number of nitrogens with two attached hydrogens (primary N) is 1. The highest BCUT2D eigenvalue weighted by Gasteiger charge is 2.18. The van der Waals surface area contributed by atoms with Crippen LogP contribution in [0.4, 0.5) is 0 Å². The lowest BCUT2D eigenvalue weighted by molar-refractivity contribution is -0.132. The highest BCUT2D eigenvalue weighted by atomic mass is 32.1. The number of rotatable bonds is 6. The molecule has 17 heavy (non-hydrogen) atoms. The third-order valence-electron chi connectivity index (χ3n) is 3.09. The number of likely N-dealkylation sites (N-methyl/N-ethyl adjacent to an activating group) is 1. The van der Waals surface area contributed by atoms with Crippen LogP contribution in [0.25, 0.3) is 0 Å². The molecule has 1 rings (SSSR count). The van der Waals surface area contributed by atoms with Gasteiger partial charge in [0, 0.05) is 36.9 Å². The van der Waals surface area contributed by atoms with E-state index >= 15 is 0 Å². The van der Waals surface area contributed by atoms with Crippen molar-refractivity contribution in [2.75, 3.05) is 7.05 Å². The summed E-state index contributed by atoms with van der Waals surface area (Å²) in [6, 6.07) is 4.36. The Hall–Kier alpha value is -0.870. The Bertz CT molecular complexity index is 337. The quantitative estimate of drug-likeness (QED) is 0.846. The van der Waals surface area contributed by atoms with Gasteiger partial charge in [0.25, 0.3) is 0 Å². The smallest absolute Gasteiger partial charge is 0.224 e. The van der Waals surface area contributed by atoms with Crippen LogP contribution in [-0.2, 0) is 11.2 Å². The van der Waals surface area contributed by atoms with Gasteiger partial charge in [0.15, 0.2) is 0 Å². The number of carbonyl (C=O) groups is 1. The maximum absolute atomic E-state index is 11.9. The Balaban J connectivity index is 2.45. The molecule has 0 spiro atoms. The Morgan fingerprint density at radius 3 is 2.82 bits per heavy atom. The second kappa shape index (κ2) is 6.77. The Morgan fingerprint density at radius 2 is 2.29 bits per heavy atom. The molecule has 0 saturated carbocycles. The first-order valence-electron chi connectivity index (χ1n) is 6.08. The number of thiophene rings is 1. The zero-order valence-electron chi connectivity index (χ0n) is 10.8. The fourth-order valence-electron chi connectivity index (χ4n) is 1.62. The van der Waals surface area contributed by atoms with Crippen molar-refractivity contribution >= 4 is 17.2 Å². The van der Waals surface area contributed by atoms with Gasteiger partial charge < -0.3 is 10.6 Å². The van der Waals surface area contributed by atoms with Crippen LogP contribution in [0, 0.1) is 0 Å². The minimum Gasteiger partial charge on any atom is -0.343 e. The molecule has 0 aliphatic rings. The van der Waals surface area contributed by atoms with E-state index in [1.54, 1.807) is 11.3 Å². The maximum Gasteiger partial charge on any atom is 0.224 e. The van der Waals surface area contributed by atoms with Crippen molar-refractivity contribution < 1.29 is 4.79 Å². The van der Waals surface area contributed by atoms with Crippen LogP contribution in [0.2, 0.25) is 0 Å². The normalized spacial score (nSPS) is 14.4. The van der Waals surface area contributed by atoms with Gasteiger partial charge in [0.1, 0.15) is 0 Å². The summed E-state index contributed by atoms with van der Waals surface area (Å²) in [7, 11) is 1.86. The molecule has 1 aromatic rings. The molecule has 1 aromatic heterocycles. The van der Waals surface area contributed by atoms with Crippen LogP contribution >= 0.6 is 11.3 Å². The molecule has 2 atom stereocenters. The lowest BCUT2D eigenvalue weighted by Crippen LogP contribution is -2.39. The minimum absolute atomic E-state index is 0.0149. The molecule has 0 radical (unpaired) electrons. The molecule has 0 fully saturated rings. The molecular weight excluding hydrogens is 232 g/mol. The van der Waals surface area contributed by atoms with Gasteiger partial charge >= 0.3 is 0 Å². The van der Waals surface area contributed by atoms with Crippen molar-refractivity contribution in [2.45, 2.75) is 45.2 Å². The van der Waals surface area contributed by atoms with Crippen LogP contribution < -0.4 is 5.73 Å². The Morgan fingerprint density at radius 1 is 1.59 bits per heavy atom. The summed E-state index contributed by atoms with van der Waals surface area (Å²) in [5, 5.41) is 2.07. The average Bonchev–Trinajstić information content (AvgIpc) is 2.80. The molecule has 96 valence electrons. The Labute approximate surface area is 108 Å². The zero-order valence-corrected chi connectivity index (χ0v) is 11.7. The molecule has 0 aromatic carbocycles. The van der Waals surface area contributed by atoms with Crippen molar-refractivity contribution in [1.82, 2.24) is 4.90 Å². The van der Waals surface area contributed by atoms with Gasteiger partial charge in [-0.3, -0.25) is 4.79 Å². The lowest BCUT2D eigenvalue weighted by atomic mass is 10.1. The fraction of sp³-hybridized carbons (Fsp3) is 0.615. The maximum atomic E-state index is 11.9. The second-order valence-corrected chi connectivity index (χ2v) is 5.54. The summed E-state index contributed by atoms with van der Waals surface area (Å²) in [5.74, 6) is 0.142. The molecule has 2 N–H and O–H groups in total. The van der Waals surface area contributed by atoms with E-state index in [-0.39, 0.29) is 18.0 Å². The summed E-state index contributed by atoms with van der Waals surface area (Å²) in [6.07, 6.45) is 2.21. The summed E-state index contributed by atoms with van der Waals surface area (Å²) in [6.45, 7) is 4.09. The zero-order chi connectivity index (χ0) is 12.8. The first-order valence-corrected chi connectivity index (χ1v) is 6.96. The van der Waals surface area contributed by atoms with E-state index in [0.717, 1.165) is 12.8 Å². The molecule has 0 aliphatic carbocycles. The van der Waals surface area contributed by atoms with Crippen LogP contribution in [0.15, 0.2) is 17.5 Å². The second-order valence-electron chi connectivity index (χ2n) is 4.51. The van der Waals surface area contributed by atoms with Crippen molar-refractivity contribution in [3.8, 4) is 0 Å². The largest absolute Gasteiger partial charge is 0.343 e. The van der Waals surface area contributed by atoms with Crippen LogP contribution in [0.1, 0.15) is 31.6 Å². The molecular formula is C13H22N2OS. The number of amides is 1. The number of hydrogen-bond donors (Lipinski definition) is 1. The number of hydrogen-bond acceptors (Lipinski definition) is 3. The van der Waals surface area contributed by atoms with Gasteiger partial charge in [-0.15, -0.1) is 11.3 Å². The Kier molecular flexibility index (Phi) is 5.65. The lowest BCUT2D eigenvalue weighted by Gasteiger charge is -2.25. The summed E-state index contributed by atoms with van der Waals surface area (Å²) in [5.41, 5.74) is 5.80. The molecule has 0 bridgehead atoms. The van der Waals surface area contributed by atoms with Crippen LogP contribution in [-0.4, -0.2) is 29.9 Å². The van der Waals surface area contributed by atoms with Crippen molar-refractivity contribution in [2.24, 2.45) is 5.73 Å². The molecule has 2 unspecified atom stereocenters. The third kappa shape index (κ3) is 4.48. The van der Waals surface area contributed by atoms with Crippen molar-refractivity contribution in [3.05, 3.63) is 22.4 Å². The van der Waals surface area contributed by atoms with Gasteiger partial charge in [0.2, 0.25) is 5.91 Å². The summed E-state index contributed by atoms with van der Waals surface area (Å²) in [4.78, 5) is 15.1. The minimum atomic E-state index is -0.0149. The highest BCUT2D eigenvalue weighted by Crippen LogP contribution is 2.14.